The van der Waals surface area contributed by atoms with Crippen LogP contribution >= 0.6 is 0 Å². The molecule has 0 fully saturated rings. The summed E-state index contributed by atoms with van der Waals surface area (Å²) in [5.41, 5.74) is 8.76. The zero-order chi connectivity index (χ0) is 17.7. The van der Waals surface area contributed by atoms with E-state index in [9.17, 15) is 9.59 Å². The van der Waals surface area contributed by atoms with Crippen LogP contribution in [-0.4, -0.2) is 29.9 Å². The maximum atomic E-state index is 11.9. The van der Waals surface area contributed by atoms with E-state index in [1.807, 2.05) is 36.4 Å². The Hall–Kier alpha value is -3.15. The summed E-state index contributed by atoms with van der Waals surface area (Å²) in [7, 11) is 1.63. The quantitative estimate of drug-likeness (QED) is 0.560. The number of nitrogens with two attached hydrogens (primary N) is 1. The molecule has 1 amide bonds. The lowest BCUT2D eigenvalue weighted by Gasteiger charge is -2.17. The molecule has 0 unspecified atom stereocenters. The summed E-state index contributed by atoms with van der Waals surface area (Å²) >= 11 is 0. The molecule has 0 aliphatic rings. The monoisotopic (exact) mass is 325 g/mol. The van der Waals surface area contributed by atoms with Crippen LogP contribution in [0.25, 0.3) is 11.1 Å². The first-order valence-corrected chi connectivity index (χ1v) is 7.41. The Labute approximate surface area is 140 Å². The fraction of sp³-hybridized carbons (Fsp3) is 0.167. The number of benzene rings is 2. The van der Waals surface area contributed by atoms with Gasteiger partial charge in [0.1, 0.15) is 5.84 Å². The first kappa shape index (κ1) is 17.2. The second-order valence-corrected chi connectivity index (χ2v) is 5.38. The molecule has 24 heavy (non-hydrogen) atoms. The van der Waals surface area contributed by atoms with Gasteiger partial charge in [-0.1, -0.05) is 36.4 Å². The highest BCUT2D eigenvalue weighted by atomic mass is 16.4. The smallest absolute Gasteiger partial charge is 0.303 e. The van der Waals surface area contributed by atoms with Crippen LogP contribution in [0, 0.1) is 5.41 Å². The fourth-order valence-electron chi connectivity index (χ4n) is 2.25. The number of carboxylic acids is 1. The number of hydrogen-bond acceptors (Lipinski definition) is 3. The summed E-state index contributed by atoms with van der Waals surface area (Å²) in [6.07, 6.45) is -0.205. The molecule has 6 heteroatoms. The lowest BCUT2D eigenvalue weighted by Crippen LogP contribution is -2.26. The molecule has 0 saturated carbocycles. The van der Waals surface area contributed by atoms with E-state index >= 15 is 0 Å². The average Bonchev–Trinajstić information content (AvgIpc) is 2.59. The second-order valence-electron chi connectivity index (χ2n) is 5.38. The highest BCUT2D eigenvalue weighted by Gasteiger charge is 2.12. The number of carbonyl (C=O) groups excluding carboxylic acids is 1. The molecule has 0 aromatic heterocycles. The van der Waals surface area contributed by atoms with Crippen molar-refractivity contribution < 1.29 is 14.7 Å². The van der Waals surface area contributed by atoms with Crippen LogP contribution in [0.1, 0.15) is 18.4 Å². The molecule has 0 radical (unpaired) electrons. The molecular weight excluding hydrogens is 306 g/mol. The molecule has 124 valence electrons. The molecule has 2 rings (SSSR count). The molecule has 0 aliphatic heterocycles. The summed E-state index contributed by atoms with van der Waals surface area (Å²) in [6.45, 7) is 0. The van der Waals surface area contributed by atoms with Gasteiger partial charge in [-0.05, 0) is 23.3 Å². The zero-order valence-electron chi connectivity index (χ0n) is 13.3. The summed E-state index contributed by atoms with van der Waals surface area (Å²) in [4.78, 5) is 23.9. The number of rotatable bonds is 6. The van der Waals surface area contributed by atoms with E-state index in [-0.39, 0.29) is 24.6 Å². The van der Waals surface area contributed by atoms with Gasteiger partial charge in [-0.25, -0.2) is 0 Å². The molecule has 2 aromatic carbocycles. The molecule has 0 aliphatic carbocycles. The number of amidine groups is 1. The molecule has 4 N–H and O–H groups in total. The number of nitrogens with one attached hydrogen (secondary N) is 1. The van der Waals surface area contributed by atoms with Gasteiger partial charge in [0.05, 0.1) is 6.42 Å². The Morgan fingerprint density at radius 1 is 1.00 bits per heavy atom. The first-order valence-electron chi connectivity index (χ1n) is 7.41. The summed E-state index contributed by atoms with van der Waals surface area (Å²) in [5, 5.41) is 16.0. The number of aliphatic carboxylic acids is 1. The van der Waals surface area contributed by atoms with Crippen LogP contribution in [-0.2, 0) is 9.59 Å². The van der Waals surface area contributed by atoms with Crippen molar-refractivity contribution in [2.75, 3.05) is 11.9 Å². The van der Waals surface area contributed by atoms with Crippen LogP contribution < -0.4 is 10.6 Å². The van der Waals surface area contributed by atoms with E-state index in [0.717, 1.165) is 11.1 Å². The van der Waals surface area contributed by atoms with Gasteiger partial charge in [-0.15, -0.1) is 0 Å². The number of amides is 1. The van der Waals surface area contributed by atoms with Crippen LogP contribution in [0.2, 0.25) is 0 Å². The standard InChI is InChI=1S/C18H19N3O3/c1-21(16(22)10-11-17(23)24)15-8-6-13(7-9-15)12-2-4-14(5-3-12)18(19)20/h2-9H,10-11H2,1H3,(H3,19,20)(H,23,24). The molecule has 0 spiro atoms. The zero-order valence-corrected chi connectivity index (χ0v) is 13.3. The molecule has 0 atom stereocenters. The molecule has 0 bridgehead atoms. The van der Waals surface area contributed by atoms with Gasteiger partial charge in [0.25, 0.3) is 0 Å². The number of hydrogen-bond donors (Lipinski definition) is 3. The van der Waals surface area contributed by atoms with Gasteiger partial charge in [0.15, 0.2) is 0 Å². The minimum absolute atomic E-state index is 0.0263. The third-order valence-electron chi connectivity index (χ3n) is 3.71. The van der Waals surface area contributed by atoms with Gasteiger partial charge in [0, 0.05) is 24.7 Å². The lowest BCUT2D eigenvalue weighted by atomic mass is 10.0. The van der Waals surface area contributed by atoms with Crippen molar-refractivity contribution in [1.29, 1.82) is 5.41 Å². The number of nitrogens with zero attached hydrogens (tertiary/aromatic N) is 1. The van der Waals surface area contributed by atoms with Crippen molar-refractivity contribution >= 4 is 23.4 Å². The van der Waals surface area contributed by atoms with Crippen LogP contribution in [0.4, 0.5) is 5.69 Å². The Kier molecular flexibility index (Phi) is 5.31. The summed E-state index contributed by atoms with van der Waals surface area (Å²) in [6, 6.07) is 14.7. The van der Waals surface area contributed by atoms with Crippen molar-refractivity contribution in [2.24, 2.45) is 5.73 Å². The second kappa shape index (κ2) is 7.41. The molecular formula is C18H19N3O3. The fourth-order valence-corrected chi connectivity index (χ4v) is 2.25. The van der Waals surface area contributed by atoms with E-state index in [2.05, 4.69) is 0 Å². The minimum Gasteiger partial charge on any atom is -0.481 e. The van der Waals surface area contributed by atoms with E-state index < -0.39 is 5.97 Å². The van der Waals surface area contributed by atoms with Gasteiger partial charge >= 0.3 is 5.97 Å². The predicted octanol–water partition coefficient (Wildman–Crippen LogP) is 2.47. The van der Waals surface area contributed by atoms with Gasteiger partial charge in [0.2, 0.25) is 5.91 Å². The molecule has 0 saturated heterocycles. The minimum atomic E-state index is -0.985. The lowest BCUT2D eigenvalue weighted by molar-refractivity contribution is -0.138. The van der Waals surface area contributed by atoms with Crippen molar-refractivity contribution in [1.82, 2.24) is 0 Å². The van der Waals surface area contributed by atoms with Gasteiger partial charge < -0.3 is 15.7 Å². The Morgan fingerprint density at radius 3 is 1.96 bits per heavy atom. The third-order valence-corrected chi connectivity index (χ3v) is 3.71. The highest BCUT2D eigenvalue weighted by molar-refractivity contribution is 5.96. The van der Waals surface area contributed by atoms with Crippen LogP contribution in [0.3, 0.4) is 0 Å². The number of anilines is 1. The molecule has 0 heterocycles. The maximum absolute atomic E-state index is 11.9. The SMILES string of the molecule is CN(C(=O)CCC(=O)O)c1ccc(-c2ccc(C(=N)N)cc2)cc1. The van der Waals surface area contributed by atoms with Crippen LogP contribution in [0.5, 0.6) is 0 Å². The normalized spacial score (nSPS) is 10.2. The first-order chi connectivity index (χ1) is 11.4. The predicted molar refractivity (Wildman–Crippen MR) is 93.2 cm³/mol. The van der Waals surface area contributed by atoms with Crippen molar-refractivity contribution in [3.05, 3.63) is 54.1 Å². The van der Waals surface area contributed by atoms with Gasteiger partial charge in [-0.3, -0.25) is 15.0 Å². The topological polar surface area (TPSA) is 107 Å². The Bertz CT molecular complexity index is 752. The Morgan fingerprint density at radius 2 is 1.50 bits per heavy atom. The number of carboxylic acid groups (broad SMARTS) is 1. The number of nitrogen functional groups attached to an aromatic ring is 1. The third kappa shape index (κ3) is 4.19. The van der Waals surface area contributed by atoms with Gasteiger partial charge in [-0.2, -0.15) is 0 Å². The van der Waals surface area contributed by atoms with Crippen LogP contribution in [0.15, 0.2) is 48.5 Å². The summed E-state index contributed by atoms with van der Waals surface area (Å²) < 4.78 is 0. The summed E-state index contributed by atoms with van der Waals surface area (Å²) in [5.74, 6) is -1.20. The molecule has 2 aromatic rings. The largest absolute Gasteiger partial charge is 0.481 e. The average molecular weight is 325 g/mol. The van der Waals surface area contributed by atoms with E-state index in [4.69, 9.17) is 16.2 Å². The van der Waals surface area contributed by atoms with E-state index in [1.54, 1.807) is 19.2 Å². The van der Waals surface area contributed by atoms with E-state index in [1.165, 1.54) is 4.90 Å². The van der Waals surface area contributed by atoms with Crippen molar-refractivity contribution in [3.8, 4) is 11.1 Å². The maximum Gasteiger partial charge on any atom is 0.303 e. The number of carbonyl (C=O) groups is 2. The molecule has 6 nitrogen and oxygen atoms in total. The Balaban J connectivity index is 2.10. The van der Waals surface area contributed by atoms with Crippen molar-refractivity contribution in [3.63, 3.8) is 0 Å². The van der Waals surface area contributed by atoms with Crippen molar-refractivity contribution in [2.45, 2.75) is 12.8 Å². The van der Waals surface area contributed by atoms with E-state index in [0.29, 0.717) is 11.3 Å². The highest BCUT2D eigenvalue weighted by Crippen LogP contribution is 2.23.